The molecule has 0 aromatic heterocycles. The second kappa shape index (κ2) is 5.26. The molecule has 0 saturated carbocycles. The predicted molar refractivity (Wildman–Crippen MR) is 63.6 cm³/mol. The van der Waals surface area contributed by atoms with E-state index in [4.69, 9.17) is 11.0 Å². The van der Waals surface area contributed by atoms with E-state index in [0.717, 1.165) is 18.5 Å². The fourth-order valence-electron chi connectivity index (χ4n) is 1.50. The molecule has 0 radical (unpaired) electrons. The predicted octanol–water partition coefficient (Wildman–Crippen LogP) is 2.74. The molecule has 3 heteroatoms. The van der Waals surface area contributed by atoms with E-state index in [0.29, 0.717) is 17.3 Å². The van der Waals surface area contributed by atoms with E-state index in [-0.39, 0.29) is 0 Å². The van der Waals surface area contributed by atoms with Crippen LogP contribution in [0.3, 0.4) is 0 Å². The Kier molecular flexibility index (Phi) is 3.99. The van der Waals surface area contributed by atoms with Crippen LogP contribution in [0.2, 0.25) is 0 Å². The molecule has 15 heavy (non-hydrogen) atoms. The molecule has 0 atom stereocenters. The third kappa shape index (κ3) is 2.63. The number of anilines is 2. The third-order valence-electron chi connectivity index (χ3n) is 2.57. The second-order valence-corrected chi connectivity index (χ2v) is 3.54. The number of hydrogen-bond acceptors (Lipinski definition) is 3. The molecule has 1 rings (SSSR count). The van der Waals surface area contributed by atoms with Gasteiger partial charge in [-0.25, -0.2) is 0 Å². The second-order valence-electron chi connectivity index (χ2n) is 3.54. The van der Waals surface area contributed by atoms with Gasteiger partial charge in [-0.15, -0.1) is 0 Å². The van der Waals surface area contributed by atoms with E-state index in [1.165, 1.54) is 0 Å². The van der Waals surface area contributed by atoms with Gasteiger partial charge in [0, 0.05) is 6.04 Å². The molecular weight excluding hydrogens is 186 g/mol. The average molecular weight is 203 g/mol. The van der Waals surface area contributed by atoms with Crippen molar-refractivity contribution in [1.82, 2.24) is 0 Å². The Morgan fingerprint density at radius 2 is 2.07 bits per heavy atom. The van der Waals surface area contributed by atoms with Gasteiger partial charge in [-0.1, -0.05) is 19.9 Å². The molecule has 0 heterocycles. The van der Waals surface area contributed by atoms with Crippen LogP contribution >= 0.6 is 0 Å². The summed E-state index contributed by atoms with van der Waals surface area (Å²) in [4.78, 5) is 0. The fraction of sp³-hybridized carbons (Fsp3) is 0.417. The Balaban J connectivity index is 2.91. The molecule has 3 N–H and O–H groups in total. The Labute approximate surface area is 90.9 Å². The molecule has 0 fully saturated rings. The molecule has 1 aromatic carbocycles. The summed E-state index contributed by atoms with van der Waals surface area (Å²) in [5.74, 6) is 0. The lowest BCUT2D eigenvalue weighted by Gasteiger charge is -2.18. The Bertz CT molecular complexity index is 362. The standard InChI is InChI=1S/C12H17N3/c1-3-10(4-2)15-11-7-5-6-9(8-13)12(11)14/h5-7,10,15H,3-4,14H2,1-2H3. The molecular formula is C12H17N3. The zero-order valence-corrected chi connectivity index (χ0v) is 9.25. The summed E-state index contributed by atoms with van der Waals surface area (Å²) in [5, 5.41) is 12.2. The molecule has 0 saturated heterocycles. The van der Waals surface area contributed by atoms with Crippen molar-refractivity contribution in [1.29, 1.82) is 5.26 Å². The quantitative estimate of drug-likeness (QED) is 0.739. The maximum absolute atomic E-state index is 8.83. The number of nitrogens with one attached hydrogen (secondary N) is 1. The lowest BCUT2D eigenvalue weighted by molar-refractivity contribution is 0.672. The summed E-state index contributed by atoms with van der Waals surface area (Å²) in [6, 6.07) is 7.99. The summed E-state index contributed by atoms with van der Waals surface area (Å²) < 4.78 is 0. The Hall–Kier alpha value is -1.69. The monoisotopic (exact) mass is 203 g/mol. The van der Waals surface area contributed by atoms with Crippen molar-refractivity contribution in [3.8, 4) is 6.07 Å². The van der Waals surface area contributed by atoms with Crippen LogP contribution < -0.4 is 11.1 Å². The summed E-state index contributed by atoms with van der Waals surface area (Å²) in [7, 11) is 0. The number of para-hydroxylation sites is 1. The number of nitrogen functional groups attached to an aromatic ring is 1. The highest BCUT2D eigenvalue weighted by molar-refractivity contribution is 5.73. The maximum Gasteiger partial charge on any atom is 0.101 e. The molecule has 0 spiro atoms. The van der Waals surface area contributed by atoms with Crippen LogP contribution in [0.5, 0.6) is 0 Å². The normalized spacial score (nSPS) is 10.0. The molecule has 0 aliphatic rings. The van der Waals surface area contributed by atoms with E-state index in [1.54, 1.807) is 6.07 Å². The number of nitriles is 1. The largest absolute Gasteiger partial charge is 0.396 e. The molecule has 0 bridgehead atoms. The Morgan fingerprint density at radius 1 is 1.40 bits per heavy atom. The van der Waals surface area contributed by atoms with Gasteiger partial charge < -0.3 is 11.1 Å². The molecule has 80 valence electrons. The van der Waals surface area contributed by atoms with Crippen molar-refractivity contribution >= 4 is 11.4 Å². The third-order valence-corrected chi connectivity index (χ3v) is 2.57. The van der Waals surface area contributed by atoms with E-state index in [9.17, 15) is 0 Å². The lowest BCUT2D eigenvalue weighted by atomic mass is 10.1. The van der Waals surface area contributed by atoms with Gasteiger partial charge in [0.05, 0.1) is 16.9 Å². The first kappa shape index (κ1) is 11.4. The topological polar surface area (TPSA) is 61.8 Å². The zero-order chi connectivity index (χ0) is 11.3. The first-order valence-electron chi connectivity index (χ1n) is 5.28. The van der Waals surface area contributed by atoms with Crippen LogP contribution in [0.1, 0.15) is 32.3 Å². The van der Waals surface area contributed by atoms with Crippen LogP contribution in [0.25, 0.3) is 0 Å². The maximum atomic E-state index is 8.83. The highest BCUT2D eigenvalue weighted by atomic mass is 14.9. The first-order chi connectivity index (χ1) is 7.22. The number of rotatable bonds is 4. The van der Waals surface area contributed by atoms with Gasteiger partial charge in [-0.05, 0) is 25.0 Å². The molecule has 0 aliphatic carbocycles. The van der Waals surface area contributed by atoms with Crippen LogP contribution in [-0.2, 0) is 0 Å². The van der Waals surface area contributed by atoms with Crippen LogP contribution in [0.4, 0.5) is 11.4 Å². The van der Waals surface area contributed by atoms with Crippen LogP contribution in [-0.4, -0.2) is 6.04 Å². The number of benzene rings is 1. The van der Waals surface area contributed by atoms with Crippen molar-refractivity contribution in [2.45, 2.75) is 32.7 Å². The van der Waals surface area contributed by atoms with Crippen molar-refractivity contribution < 1.29 is 0 Å². The lowest BCUT2D eigenvalue weighted by Crippen LogP contribution is -2.18. The van der Waals surface area contributed by atoms with Crippen molar-refractivity contribution in [2.24, 2.45) is 0 Å². The molecule has 0 unspecified atom stereocenters. The van der Waals surface area contributed by atoms with Crippen molar-refractivity contribution in [3.63, 3.8) is 0 Å². The van der Waals surface area contributed by atoms with E-state index in [2.05, 4.69) is 25.2 Å². The minimum absolute atomic E-state index is 0.418. The molecule has 0 aliphatic heterocycles. The Morgan fingerprint density at radius 3 is 2.60 bits per heavy atom. The number of nitrogens with two attached hydrogens (primary N) is 1. The average Bonchev–Trinajstić information content (AvgIpc) is 2.28. The van der Waals surface area contributed by atoms with E-state index in [1.807, 2.05) is 12.1 Å². The van der Waals surface area contributed by atoms with Crippen LogP contribution in [0, 0.1) is 11.3 Å². The van der Waals surface area contributed by atoms with Crippen molar-refractivity contribution in [3.05, 3.63) is 23.8 Å². The van der Waals surface area contributed by atoms with Crippen LogP contribution in [0.15, 0.2) is 18.2 Å². The highest BCUT2D eigenvalue weighted by Crippen LogP contribution is 2.23. The van der Waals surface area contributed by atoms with Gasteiger partial charge in [-0.3, -0.25) is 0 Å². The SMILES string of the molecule is CCC(CC)Nc1cccc(C#N)c1N. The van der Waals surface area contributed by atoms with Gasteiger partial charge in [0.15, 0.2) is 0 Å². The summed E-state index contributed by atoms with van der Waals surface area (Å²) >= 11 is 0. The smallest absolute Gasteiger partial charge is 0.101 e. The fourth-order valence-corrected chi connectivity index (χ4v) is 1.50. The van der Waals surface area contributed by atoms with Gasteiger partial charge in [0.1, 0.15) is 6.07 Å². The molecule has 1 aromatic rings. The van der Waals surface area contributed by atoms with E-state index >= 15 is 0 Å². The van der Waals surface area contributed by atoms with E-state index < -0.39 is 0 Å². The minimum Gasteiger partial charge on any atom is -0.396 e. The van der Waals surface area contributed by atoms with Gasteiger partial charge in [0.2, 0.25) is 0 Å². The zero-order valence-electron chi connectivity index (χ0n) is 9.25. The molecule has 3 nitrogen and oxygen atoms in total. The number of nitrogens with zero attached hydrogens (tertiary/aromatic N) is 1. The van der Waals surface area contributed by atoms with Gasteiger partial charge in [0.25, 0.3) is 0 Å². The summed E-state index contributed by atoms with van der Waals surface area (Å²) in [6.07, 6.45) is 2.10. The highest BCUT2D eigenvalue weighted by Gasteiger charge is 2.07. The van der Waals surface area contributed by atoms with Crippen molar-refractivity contribution in [2.75, 3.05) is 11.1 Å². The van der Waals surface area contributed by atoms with Gasteiger partial charge in [-0.2, -0.15) is 5.26 Å². The molecule has 0 amide bonds. The first-order valence-corrected chi connectivity index (χ1v) is 5.28. The summed E-state index contributed by atoms with van der Waals surface area (Å²) in [5.41, 5.74) is 7.81. The summed E-state index contributed by atoms with van der Waals surface area (Å²) in [6.45, 7) is 4.26. The van der Waals surface area contributed by atoms with Gasteiger partial charge >= 0.3 is 0 Å². The number of hydrogen-bond donors (Lipinski definition) is 2. The minimum atomic E-state index is 0.418.